The van der Waals surface area contributed by atoms with E-state index in [1.807, 2.05) is 6.07 Å². The number of carboxylic acid groups (broad SMARTS) is 2. The third-order valence-electron chi connectivity index (χ3n) is 17.9. The van der Waals surface area contributed by atoms with Gasteiger partial charge in [0, 0.05) is 91.6 Å². The molecule has 1 fully saturated rings. The first-order valence-electron chi connectivity index (χ1n) is 35.4. The molecule has 107 heavy (non-hydrogen) atoms. The number of ether oxygens (including phenoxy) is 2. The fourth-order valence-corrected chi connectivity index (χ4v) is 13.9. The standard InChI is InChI=1S/C69H99N17O19S2/c1-4-38(2)58-67(101)82-49(30-41-32-75-44-14-8-7-13-43(41)44)64(98)79-46(17-19-54(70)87)61(95)78-47(18-20-56(89)90)62(96)83-51(59(71)93)36-106-34-39-27-40-29-42(28-39)104-24-9-5-6-10-25-105-76-33-55(88)77-45(15-11-22-74-69(72)73)60(94)84-52(37-107-35-40)68(102)86-23-12-16-53(86)66(100)80-48(21-26-103-3)63(97)81-50(31-57(91)92)65(99)85-58/h7-8,13-14,27-29,32-33,38,45-53,58,75H,4-6,9-12,15-26,30-31,34-37H2,1-3H3,(H2,70,87)(H2,71,93)(H,77,88)(H,78,95)(H,79,98)(H,80,100)(H,81,97)(H,82,101)(H,83,96)(H,84,94)(H,85,99)(H,89,90)(H,91,92)(H4,72,73,74)/p-1/b76-33+/t38-,45-,46-,47-,48-,49-,50-,51-,52-,53-,58-/m0/s1. The van der Waals surface area contributed by atoms with Gasteiger partial charge in [0.25, 0.3) is 5.91 Å². The van der Waals surface area contributed by atoms with Gasteiger partial charge in [-0.25, -0.2) is 0 Å². The zero-order chi connectivity index (χ0) is 78.1. The highest BCUT2D eigenvalue weighted by Gasteiger charge is 2.41. The number of fused-ring (bicyclic) bond motifs is 7. The number of nitrogens with zero attached hydrogens (tertiary/aromatic N) is 2. The Hall–Kier alpha value is -10.2. The van der Waals surface area contributed by atoms with Crippen molar-refractivity contribution in [2.45, 2.75) is 189 Å². The van der Waals surface area contributed by atoms with Gasteiger partial charge in [-0.3, -0.25) is 74.0 Å². The highest BCUT2D eigenvalue weighted by Crippen LogP contribution is 2.28. The largest absolute Gasteiger partial charge is 0.550 e. The van der Waals surface area contributed by atoms with Gasteiger partial charge in [-0.05, 0) is 118 Å². The topological polar surface area (TPSA) is 570 Å². The molecule has 0 unspecified atom stereocenters. The Bertz CT molecular complexity index is 3690. The number of methoxy groups -OCH3 is 1. The number of aromatic amines is 1. The third kappa shape index (κ3) is 28.5. The van der Waals surface area contributed by atoms with E-state index in [0.717, 1.165) is 24.4 Å². The number of aromatic nitrogens is 1. The number of carbonyl (C=O) groups is 14. The number of carboxylic acids is 2. The number of hydrogen-bond donors (Lipinski definition) is 15. The van der Waals surface area contributed by atoms with Gasteiger partial charge in [0.1, 0.15) is 79.0 Å². The molecule has 38 heteroatoms. The molecule has 0 saturated carbocycles. The van der Waals surface area contributed by atoms with Crippen LogP contribution in [0.1, 0.15) is 127 Å². The van der Waals surface area contributed by atoms with Gasteiger partial charge in [0.05, 0.1) is 13.2 Å². The SMILES string of the molecule is CC[C@H](C)[C@@H]1NC(=O)[C@H](CC(=O)[O-])NC(=O)[C@H](CCOC)NC(=O)[C@@H]2CCCN2C(=O)[C@@H]2CSCc3cc(cc(c3)OCCCCCCO/N=C/C(=O)N[C@@H](CCC[NH+]=C(N)N)C(=O)N2)CSC[C@@H](C(N)=O)NC(=O)[C@H](CCC(=O)[O-])NC(=O)[C@H](CCC(N)=O)NC(=O)[C@H](Cc2c[nH]c3ccccc23)NC1=O. The van der Waals surface area contributed by atoms with Crippen LogP contribution in [-0.4, -0.2) is 217 Å². The van der Waals surface area contributed by atoms with Crippen LogP contribution in [0.25, 0.3) is 10.9 Å². The van der Waals surface area contributed by atoms with Crippen LogP contribution in [0.5, 0.6) is 5.75 Å². The average Bonchev–Trinajstić information content (AvgIpc) is 1.74. The van der Waals surface area contributed by atoms with E-state index in [-0.39, 0.29) is 107 Å². The summed E-state index contributed by atoms with van der Waals surface area (Å²) in [6, 6.07) is -3.60. The summed E-state index contributed by atoms with van der Waals surface area (Å²) in [6.45, 7) is 3.59. The van der Waals surface area contributed by atoms with E-state index in [1.54, 1.807) is 56.4 Å². The molecule has 4 heterocycles. The molecule has 0 radical (unpaired) electrons. The average molecular weight is 1530 g/mol. The number of guanidine groups is 1. The second kappa shape index (κ2) is 44.0. The minimum absolute atomic E-state index is 0.0159. The van der Waals surface area contributed by atoms with Gasteiger partial charge in [-0.2, -0.15) is 23.5 Å². The van der Waals surface area contributed by atoms with Gasteiger partial charge >= 0.3 is 5.96 Å². The maximum absolute atomic E-state index is 15.2. The van der Waals surface area contributed by atoms with Crippen molar-refractivity contribution in [3.63, 3.8) is 0 Å². The van der Waals surface area contributed by atoms with E-state index in [4.69, 9.17) is 37.2 Å². The van der Waals surface area contributed by atoms with Gasteiger partial charge in [-0.15, -0.1) is 0 Å². The van der Waals surface area contributed by atoms with Crippen molar-refractivity contribution in [3.05, 3.63) is 65.4 Å². The smallest absolute Gasteiger partial charge is 0.338 e. The molecular formula is C69H98N17O19S2-. The summed E-state index contributed by atoms with van der Waals surface area (Å²) in [5.41, 5.74) is 25.0. The molecule has 3 aromatic rings. The van der Waals surface area contributed by atoms with Crippen LogP contribution < -0.4 is 90.7 Å². The summed E-state index contributed by atoms with van der Waals surface area (Å²) in [5, 5.41) is 51.9. The van der Waals surface area contributed by atoms with E-state index in [9.17, 15) is 72.5 Å². The Morgan fingerprint density at radius 1 is 0.664 bits per heavy atom. The molecule has 36 nitrogen and oxygen atoms in total. The molecule has 4 bridgehead atoms. The molecule has 0 spiro atoms. The monoisotopic (exact) mass is 1530 g/mol. The van der Waals surface area contributed by atoms with Gasteiger partial charge in [-0.1, -0.05) is 49.7 Å². The van der Waals surface area contributed by atoms with E-state index >= 15 is 4.79 Å². The summed E-state index contributed by atoms with van der Waals surface area (Å²) in [5.74, 6) is -15.8. The van der Waals surface area contributed by atoms with Crippen LogP contribution in [0.4, 0.5) is 0 Å². The zero-order valence-corrected chi connectivity index (χ0v) is 61.6. The summed E-state index contributed by atoms with van der Waals surface area (Å²) in [6.07, 6.45) is 1.42. The maximum Gasteiger partial charge on any atom is 0.338 e. The minimum Gasteiger partial charge on any atom is -0.550 e. The van der Waals surface area contributed by atoms with Gasteiger partial charge in [0.2, 0.25) is 65.0 Å². The summed E-state index contributed by atoms with van der Waals surface area (Å²) in [4.78, 5) is 208. The van der Waals surface area contributed by atoms with Crippen molar-refractivity contribution in [1.82, 2.24) is 57.7 Å². The van der Waals surface area contributed by atoms with Crippen LogP contribution in [0.2, 0.25) is 0 Å². The Morgan fingerprint density at radius 3 is 1.92 bits per heavy atom. The molecule has 11 atom stereocenters. The number of H-pyrrole nitrogens is 1. The lowest BCUT2D eigenvalue weighted by Crippen LogP contribution is -2.78. The molecule has 19 N–H and O–H groups in total. The van der Waals surface area contributed by atoms with Crippen LogP contribution in [0.3, 0.4) is 0 Å². The molecule has 6 rings (SSSR count). The number of para-hydroxylation sites is 1. The number of benzene rings is 2. The van der Waals surface area contributed by atoms with Crippen LogP contribution in [-0.2, 0) is 94.6 Å². The molecule has 2 aromatic carbocycles. The highest BCUT2D eigenvalue weighted by atomic mass is 32.2. The molecule has 0 aliphatic carbocycles. The number of amides is 12. The van der Waals surface area contributed by atoms with Crippen molar-refractivity contribution in [3.8, 4) is 5.75 Å². The van der Waals surface area contributed by atoms with Crippen molar-refractivity contribution in [2.75, 3.05) is 51.5 Å². The lowest BCUT2D eigenvalue weighted by molar-refractivity contribution is -0.459. The van der Waals surface area contributed by atoms with Crippen molar-refractivity contribution >= 4 is 129 Å². The molecule has 12 amide bonds. The number of hydrogen-bond acceptors (Lipinski definition) is 22. The number of aliphatic carboxylic acids is 2. The predicted octanol–water partition coefficient (Wildman–Crippen LogP) is -6.16. The lowest BCUT2D eigenvalue weighted by Gasteiger charge is -2.31. The quantitative estimate of drug-likeness (QED) is 0.0284. The fourth-order valence-electron chi connectivity index (χ4n) is 12.0. The Morgan fingerprint density at radius 2 is 1.26 bits per heavy atom. The number of thioether (sulfide) groups is 2. The zero-order valence-electron chi connectivity index (χ0n) is 60.0. The first kappa shape index (κ1) is 85.7. The number of primary amides is 2. The first-order valence-corrected chi connectivity index (χ1v) is 37.7. The van der Waals surface area contributed by atoms with Crippen molar-refractivity contribution < 1.29 is 96.6 Å². The molecule has 586 valence electrons. The van der Waals surface area contributed by atoms with Gasteiger partial charge < -0.3 is 103 Å². The second-order valence-electron chi connectivity index (χ2n) is 26.2. The number of rotatable bonds is 20. The van der Waals surface area contributed by atoms with Crippen LogP contribution >= 0.6 is 23.5 Å². The summed E-state index contributed by atoms with van der Waals surface area (Å²) < 4.78 is 11.6. The highest BCUT2D eigenvalue weighted by molar-refractivity contribution is 7.98. The lowest BCUT2D eigenvalue weighted by atomic mass is 9.96. The summed E-state index contributed by atoms with van der Waals surface area (Å²) >= 11 is 2.35. The Labute approximate surface area is 626 Å². The first-order chi connectivity index (χ1) is 51.1. The third-order valence-corrected chi connectivity index (χ3v) is 20.1. The van der Waals surface area contributed by atoms with E-state index in [1.165, 1.54) is 23.8 Å². The minimum atomic E-state index is -2.01. The fraction of sp³-hybridized carbons (Fsp3) is 0.565. The van der Waals surface area contributed by atoms with Gasteiger partial charge in [0.15, 0.2) is 0 Å². The van der Waals surface area contributed by atoms with Crippen LogP contribution in [0, 0.1) is 5.92 Å². The molecule has 3 aliphatic rings. The van der Waals surface area contributed by atoms with Crippen molar-refractivity contribution in [2.24, 2.45) is 34.0 Å². The Balaban J connectivity index is 1.45. The van der Waals surface area contributed by atoms with E-state index < -0.39 is 181 Å². The maximum atomic E-state index is 15.2. The van der Waals surface area contributed by atoms with Crippen molar-refractivity contribution in [1.29, 1.82) is 0 Å². The van der Waals surface area contributed by atoms with E-state index in [2.05, 4.69) is 63.0 Å². The van der Waals surface area contributed by atoms with Crippen LogP contribution in [0.15, 0.2) is 53.8 Å². The normalized spacial score (nSPS) is 24.4. The molecule has 3 aliphatic heterocycles. The van der Waals surface area contributed by atoms with E-state index in [0.29, 0.717) is 52.6 Å². The Kier molecular flexibility index (Phi) is 35.3. The number of carbonyl (C=O) groups excluding carboxylic acids is 14. The molecular weight excluding hydrogens is 1430 g/mol. The summed E-state index contributed by atoms with van der Waals surface area (Å²) in [7, 11) is 1.31. The molecule has 1 aromatic heterocycles. The predicted molar refractivity (Wildman–Crippen MR) is 387 cm³/mol. The number of nitrogens with two attached hydrogens (primary N) is 4. The molecule has 1 saturated heterocycles. The number of oxime groups is 1. The second-order valence-corrected chi connectivity index (χ2v) is 28.2. The number of nitrogens with one attached hydrogen (secondary N) is 11.